The number of aromatic nitrogens is 2. The number of anilines is 1. The number of hydrogen-bond acceptors (Lipinski definition) is 6. The molecular weight excluding hydrogens is 312 g/mol. The monoisotopic (exact) mass is 334 g/mol. The van der Waals surface area contributed by atoms with Crippen LogP contribution in [0.3, 0.4) is 0 Å². The molecule has 2 saturated heterocycles. The van der Waals surface area contributed by atoms with Crippen LogP contribution in [0.25, 0.3) is 10.2 Å². The molecule has 0 aromatic carbocycles. The predicted octanol–water partition coefficient (Wildman–Crippen LogP) is 3.02. The lowest BCUT2D eigenvalue weighted by Crippen LogP contribution is -2.51. The topological polar surface area (TPSA) is 32.3 Å². The Labute approximate surface area is 139 Å². The molecule has 4 nitrogen and oxygen atoms in total. The molecule has 0 aliphatic carbocycles. The highest BCUT2D eigenvalue weighted by Crippen LogP contribution is 2.30. The molecule has 2 fully saturated rings. The van der Waals surface area contributed by atoms with Crippen molar-refractivity contribution in [2.75, 3.05) is 42.6 Å². The van der Waals surface area contributed by atoms with Crippen molar-refractivity contribution in [1.29, 1.82) is 0 Å². The number of thioether (sulfide) groups is 1. The van der Waals surface area contributed by atoms with Crippen molar-refractivity contribution in [3.63, 3.8) is 0 Å². The summed E-state index contributed by atoms with van der Waals surface area (Å²) in [4.78, 5) is 14.4. The quantitative estimate of drug-likeness (QED) is 0.843. The second-order valence-electron chi connectivity index (χ2n) is 6.10. The zero-order valence-electron chi connectivity index (χ0n) is 13.0. The van der Waals surface area contributed by atoms with Crippen LogP contribution in [-0.2, 0) is 0 Å². The second kappa shape index (κ2) is 6.34. The van der Waals surface area contributed by atoms with Gasteiger partial charge in [-0.2, -0.15) is 11.8 Å². The van der Waals surface area contributed by atoms with Gasteiger partial charge in [0.1, 0.15) is 11.6 Å². The highest BCUT2D eigenvalue weighted by Gasteiger charge is 2.26. The van der Waals surface area contributed by atoms with Gasteiger partial charge in [0, 0.05) is 32.2 Å². The first-order valence-corrected chi connectivity index (χ1v) is 10.1. The lowest BCUT2D eigenvalue weighted by molar-refractivity contribution is 0.175. The summed E-state index contributed by atoms with van der Waals surface area (Å²) in [7, 11) is 0. The molecular formula is C16H22N4S2. The molecule has 2 aliphatic heterocycles. The molecule has 0 saturated carbocycles. The van der Waals surface area contributed by atoms with E-state index in [1.807, 2.05) is 6.92 Å². The Bertz CT molecular complexity index is 643. The van der Waals surface area contributed by atoms with Gasteiger partial charge in [-0.25, -0.2) is 9.97 Å². The summed E-state index contributed by atoms with van der Waals surface area (Å²) in [6.07, 6.45) is 2.74. The van der Waals surface area contributed by atoms with Gasteiger partial charge in [0.25, 0.3) is 0 Å². The van der Waals surface area contributed by atoms with Crippen molar-refractivity contribution in [3.8, 4) is 0 Å². The smallest absolute Gasteiger partial charge is 0.150 e. The van der Waals surface area contributed by atoms with Gasteiger partial charge in [0.15, 0.2) is 0 Å². The third kappa shape index (κ3) is 2.84. The number of aryl methyl sites for hydroxylation is 1. The van der Waals surface area contributed by atoms with Crippen LogP contribution >= 0.6 is 23.1 Å². The predicted molar refractivity (Wildman–Crippen MR) is 96.3 cm³/mol. The molecule has 0 radical (unpaired) electrons. The summed E-state index contributed by atoms with van der Waals surface area (Å²) in [5.74, 6) is 4.71. The lowest BCUT2D eigenvalue weighted by atomic mass is 10.1. The van der Waals surface area contributed by atoms with E-state index in [0.29, 0.717) is 0 Å². The van der Waals surface area contributed by atoms with Gasteiger partial charge in [-0.15, -0.1) is 11.3 Å². The van der Waals surface area contributed by atoms with Crippen LogP contribution in [0, 0.1) is 6.92 Å². The van der Waals surface area contributed by atoms with Gasteiger partial charge in [-0.3, -0.25) is 4.90 Å². The Balaban J connectivity index is 1.49. The van der Waals surface area contributed by atoms with Crippen LogP contribution in [0.15, 0.2) is 11.4 Å². The van der Waals surface area contributed by atoms with Crippen molar-refractivity contribution < 1.29 is 0 Å². The zero-order valence-corrected chi connectivity index (χ0v) is 14.6. The van der Waals surface area contributed by atoms with Crippen LogP contribution in [-0.4, -0.2) is 58.6 Å². The molecule has 0 N–H and O–H groups in total. The van der Waals surface area contributed by atoms with Crippen molar-refractivity contribution in [1.82, 2.24) is 14.9 Å². The first kappa shape index (κ1) is 14.7. The summed E-state index contributed by atoms with van der Waals surface area (Å²) < 4.78 is 1.24. The fourth-order valence-corrected chi connectivity index (χ4v) is 5.45. The summed E-state index contributed by atoms with van der Waals surface area (Å²) in [6, 6.07) is 2.92. The Kier molecular flexibility index (Phi) is 4.24. The van der Waals surface area contributed by atoms with Crippen LogP contribution in [0.2, 0.25) is 0 Å². The maximum atomic E-state index is 4.74. The van der Waals surface area contributed by atoms with Crippen molar-refractivity contribution in [2.45, 2.75) is 25.8 Å². The standard InChI is InChI=1S/C16H22N4S2/c1-12-17-14-4-11-22-15(14)16(18-12)20-7-5-19(6-8-20)13-2-9-21-10-3-13/h4,11,13H,2-3,5-10H2,1H3. The summed E-state index contributed by atoms with van der Waals surface area (Å²) in [5, 5.41) is 2.12. The lowest BCUT2D eigenvalue weighted by Gasteiger charge is -2.41. The largest absolute Gasteiger partial charge is 0.353 e. The molecule has 0 bridgehead atoms. The van der Waals surface area contributed by atoms with Crippen molar-refractivity contribution in [2.24, 2.45) is 0 Å². The van der Waals surface area contributed by atoms with Crippen LogP contribution in [0.4, 0.5) is 5.82 Å². The first-order valence-electron chi connectivity index (χ1n) is 8.10. The number of thiophene rings is 1. The van der Waals surface area contributed by atoms with E-state index in [2.05, 4.69) is 38.0 Å². The molecule has 118 valence electrons. The number of fused-ring (bicyclic) bond motifs is 1. The zero-order chi connectivity index (χ0) is 14.9. The summed E-state index contributed by atoms with van der Waals surface area (Å²) in [6.45, 7) is 6.52. The molecule has 6 heteroatoms. The molecule has 0 amide bonds. The normalized spacial score (nSPS) is 21.6. The average molecular weight is 335 g/mol. The second-order valence-corrected chi connectivity index (χ2v) is 8.24. The molecule has 2 aromatic rings. The van der Waals surface area contributed by atoms with E-state index in [9.17, 15) is 0 Å². The molecule has 2 aromatic heterocycles. The van der Waals surface area contributed by atoms with Crippen LogP contribution < -0.4 is 4.90 Å². The van der Waals surface area contributed by atoms with E-state index in [1.165, 1.54) is 42.1 Å². The van der Waals surface area contributed by atoms with Gasteiger partial charge < -0.3 is 4.90 Å². The molecule has 0 atom stereocenters. The van der Waals surface area contributed by atoms with Crippen LogP contribution in [0.1, 0.15) is 18.7 Å². The van der Waals surface area contributed by atoms with Crippen LogP contribution in [0.5, 0.6) is 0 Å². The number of hydrogen-bond donors (Lipinski definition) is 0. The van der Waals surface area contributed by atoms with Gasteiger partial charge in [0.05, 0.1) is 10.2 Å². The fourth-order valence-electron chi connectivity index (χ4n) is 3.52. The van der Waals surface area contributed by atoms with Crippen molar-refractivity contribution in [3.05, 3.63) is 17.3 Å². The minimum absolute atomic E-state index is 0.817. The maximum Gasteiger partial charge on any atom is 0.150 e. The summed E-state index contributed by atoms with van der Waals surface area (Å²) in [5.41, 5.74) is 1.10. The van der Waals surface area contributed by atoms with E-state index in [0.717, 1.165) is 36.3 Å². The van der Waals surface area contributed by atoms with E-state index < -0.39 is 0 Å². The first-order chi connectivity index (χ1) is 10.8. The van der Waals surface area contributed by atoms with E-state index >= 15 is 0 Å². The SMILES string of the molecule is Cc1nc(N2CCN(C3CCSCC3)CC2)c2sccc2n1. The third-order valence-corrected chi connectivity index (χ3v) is 6.67. The molecule has 22 heavy (non-hydrogen) atoms. The Morgan fingerprint density at radius 3 is 2.64 bits per heavy atom. The Hall–Kier alpha value is -0.850. The van der Waals surface area contributed by atoms with Crippen molar-refractivity contribution >= 4 is 39.1 Å². The Morgan fingerprint density at radius 1 is 1.09 bits per heavy atom. The minimum atomic E-state index is 0.817. The molecule has 4 heterocycles. The van der Waals surface area contributed by atoms with Gasteiger partial charge in [-0.1, -0.05) is 0 Å². The number of nitrogens with zero attached hydrogens (tertiary/aromatic N) is 4. The third-order valence-electron chi connectivity index (χ3n) is 4.72. The highest BCUT2D eigenvalue weighted by molar-refractivity contribution is 7.99. The summed E-state index contributed by atoms with van der Waals surface area (Å²) >= 11 is 3.87. The average Bonchev–Trinajstić information content (AvgIpc) is 3.03. The fraction of sp³-hybridized carbons (Fsp3) is 0.625. The molecule has 0 unspecified atom stereocenters. The number of piperazine rings is 1. The Morgan fingerprint density at radius 2 is 1.86 bits per heavy atom. The molecule has 2 aliphatic rings. The number of rotatable bonds is 2. The maximum absolute atomic E-state index is 4.74. The van der Waals surface area contributed by atoms with E-state index in [1.54, 1.807) is 11.3 Å². The molecule has 4 rings (SSSR count). The van der Waals surface area contributed by atoms with E-state index in [4.69, 9.17) is 4.98 Å². The van der Waals surface area contributed by atoms with Gasteiger partial charge in [-0.05, 0) is 42.7 Å². The van der Waals surface area contributed by atoms with E-state index in [-0.39, 0.29) is 0 Å². The molecule has 0 spiro atoms. The van der Waals surface area contributed by atoms with Gasteiger partial charge in [0.2, 0.25) is 0 Å². The minimum Gasteiger partial charge on any atom is -0.353 e. The van der Waals surface area contributed by atoms with Gasteiger partial charge >= 0.3 is 0 Å². The highest BCUT2D eigenvalue weighted by atomic mass is 32.2.